The zero-order valence-electron chi connectivity index (χ0n) is 10.4. The quantitative estimate of drug-likeness (QED) is 0.491. The maximum absolute atomic E-state index is 10.7. The fourth-order valence-electron chi connectivity index (χ4n) is 1.35. The molecule has 0 bridgehead atoms. The van der Waals surface area contributed by atoms with Gasteiger partial charge in [0.15, 0.2) is 0 Å². The van der Waals surface area contributed by atoms with E-state index in [1.807, 2.05) is 27.7 Å². The maximum atomic E-state index is 10.7. The normalized spacial score (nSPS) is 29.0. The second kappa shape index (κ2) is 8.02. The van der Waals surface area contributed by atoms with Crippen molar-refractivity contribution in [2.24, 2.45) is 0 Å². The van der Waals surface area contributed by atoms with Crippen LogP contribution in [0.5, 0.6) is 0 Å². The van der Waals surface area contributed by atoms with Crippen LogP contribution in [0.1, 0.15) is 27.7 Å². The SMILES string of the molecule is CC.COC(C=O)C1OC(C)(C)OC1[S][Tl]. The molecule has 0 N–H and O–H groups in total. The zero-order chi connectivity index (χ0) is 12.8. The molecule has 6 heteroatoms. The van der Waals surface area contributed by atoms with Gasteiger partial charge in [-0.05, 0) is 0 Å². The van der Waals surface area contributed by atoms with E-state index >= 15 is 0 Å². The van der Waals surface area contributed by atoms with Crippen molar-refractivity contribution in [3.05, 3.63) is 0 Å². The average molecular weight is 440 g/mol. The molecule has 0 amide bonds. The summed E-state index contributed by atoms with van der Waals surface area (Å²) in [6, 6.07) is 0. The molecule has 92 valence electrons. The molecule has 1 aliphatic rings. The standard InChI is InChI=1S/C8H14O4S.C2H6.Tl/c1-8(2)11-6(7(13)12-8)5(4-9)10-3;1-2;/h4-7,13H,1-3H3;1-2H3;/q;;+1/p-1. The van der Waals surface area contributed by atoms with E-state index in [1.54, 1.807) is 8.31 Å². The number of carbonyl (C=O) groups excluding carboxylic acids is 1. The van der Waals surface area contributed by atoms with Gasteiger partial charge in [-0.3, -0.25) is 0 Å². The first kappa shape index (κ1) is 16.8. The van der Waals surface area contributed by atoms with Crippen molar-refractivity contribution in [2.75, 3.05) is 7.11 Å². The zero-order valence-corrected chi connectivity index (χ0v) is 15.7. The van der Waals surface area contributed by atoms with Crippen LogP contribution in [-0.4, -0.2) is 61.1 Å². The molecule has 0 aromatic rings. The summed E-state index contributed by atoms with van der Waals surface area (Å²) in [5.74, 6) is -0.614. The molecular formula is C10H19O4STl. The number of hydrogen-bond donors (Lipinski definition) is 0. The molecule has 4 nitrogen and oxygen atoms in total. The molecule has 0 spiro atoms. The van der Waals surface area contributed by atoms with Gasteiger partial charge in [0.25, 0.3) is 0 Å². The molecule has 1 fully saturated rings. The van der Waals surface area contributed by atoms with Crippen LogP contribution in [0.3, 0.4) is 0 Å². The third-order valence-electron chi connectivity index (χ3n) is 1.95. The van der Waals surface area contributed by atoms with E-state index in [0.29, 0.717) is 0 Å². The van der Waals surface area contributed by atoms with Crippen LogP contribution in [0.25, 0.3) is 0 Å². The fourth-order valence-corrected chi connectivity index (χ4v) is 4.46. The minimum absolute atomic E-state index is 0.0786. The Morgan fingerprint density at radius 1 is 1.44 bits per heavy atom. The Hall–Kier alpha value is 0.822. The number of methoxy groups -OCH3 is 1. The molecule has 1 rings (SSSR count). The van der Waals surface area contributed by atoms with Crippen molar-refractivity contribution >= 4 is 38.9 Å². The van der Waals surface area contributed by atoms with E-state index in [-0.39, 0.29) is 11.5 Å². The van der Waals surface area contributed by atoms with Crippen LogP contribution in [-0.2, 0) is 19.0 Å². The summed E-state index contributed by atoms with van der Waals surface area (Å²) in [5.41, 5.74) is -0.0786. The summed E-state index contributed by atoms with van der Waals surface area (Å²) in [5, 5.41) is 0. The Balaban J connectivity index is 0.00000106. The number of ether oxygens (including phenoxy) is 3. The Morgan fingerprint density at radius 2 is 2.00 bits per heavy atom. The van der Waals surface area contributed by atoms with Gasteiger partial charge in [0, 0.05) is 0 Å². The minimum atomic E-state index is -0.614. The van der Waals surface area contributed by atoms with E-state index in [9.17, 15) is 4.79 Å². The first-order valence-electron chi connectivity index (χ1n) is 5.23. The molecular weight excluding hydrogens is 421 g/mol. The van der Waals surface area contributed by atoms with Crippen molar-refractivity contribution in [2.45, 2.75) is 51.1 Å². The third kappa shape index (κ3) is 4.60. The monoisotopic (exact) mass is 440 g/mol. The Morgan fingerprint density at radius 3 is 2.38 bits per heavy atom. The van der Waals surface area contributed by atoms with Gasteiger partial charge < -0.3 is 0 Å². The summed E-state index contributed by atoms with van der Waals surface area (Å²) in [7, 11) is 3.19. The van der Waals surface area contributed by atoms with Crippen molar-refractivity contribution in [1.82, 2.24) is 0 Å². The Labute approximate surface area is 116 Å². The van der Waals surface area contributed by atoms with Crippen LogP contribution in [0.15, 0.2) is 0 Å². The van der Waals surface area contributed by atoms with Crippen molar-refractivity contribution in [3.63, 3.8) is 0 Å². The van der Waals surface area contributed by atoms with E-state index < -0.39 is 11.9 Å². The van der Waals surface area contributed by atoms with Crippen LogP contribution in [0.4, 0.5) is 0 Å². The fraction of sp³-hybridized carbons (Fsp3) is 0.900. The molecule has 0 aliphatic carbocycles. The summed E-state index contributed by atoms with van der Waals surface area (Å²) >= 11 is 0.745. The van der Waals surface area contributed by atoms with Crippen LogP contribution < -0.4 is 0 Å². The molecule has 3 unspecified atom stereocenters. The van der Waals surface area contributed by atoms with Crippen molar-refractivity contribution < 1.29 is 19.0 Å². The molecule has 0 aromatic carbocycles. The molecule has 0 aromatic heterocycles. The summed E-state index contributed by atoms with van der Waals surface area (Å²) in [6.07, 6.45) is -0.0564. The number of hydrogen-bond acceptors (Lipinski definition) is 5. The van der Waals surface area contributed by atoms with E-state index in [2.05, 4.69) is 0 Å². The van der Waals surface area contributed by atoms with Gasteiger partial charge >= 0.3 is 102 Å². The van der Waals surface area contributed by atoms with Gasteiger partial charge in [0.2, 0.25) is 0 Å². The average Bonchev–Trinajstić information content (AvgIpc) is 2.59. The first-order valence-corrected chi connectivity index (χ1v) is 11.7. The van der Waals surface area contributed by atoms with E-state index in [0.717, 1.165) is 30.6 Å². The summed E-state index contributed by atoms with van der Waals surface area (Å²) in [4.78, 5) is 10.7. The first-order chi connectivity index (χ1) is 7.54. The van der Waals surface area contributed by atoms with Crippen molar-refractivity contribution in [3.8, 4) is 0 Å². The summed E-state index contributed by atoms with van der Waals surface area (Å²) in [6.45, 7) is 7.69. The van der Waals surface area contributed by atoms with Crippen LogP contribution in [0.2, 0.25) is 0 Å². The topological polar surface area (TPSA) is 44.8 Å². The second-order valence-electron chi connectivity index (χ2n) is 3.44. The number of aldehydes is 1. The predicted molar refractivity (Wildman–Crippen MR) is 65.4 cm³/mol. The van der Waals surface area contributed by atoms with Gasteiger partial charge in [-0.2, -0.15) is 0 Å². The molecule has 16 heavy (non-hydrogen) atoms. The van der Waals surface area contributed by atoms with Gasteiger partial charge in [0.05, 0.1) is 0 Å². The molecule has 1 saturated heterocycles. The summed E-state index contributed by atoms with van der Waals surface area (Å²) < 4.78 is 16.3. The van der Waals surface area contributed by atoms with E-state index in [1.165, 1.54) is 7.11 Å². The number of carbonyl (C=O) groups is 1. The Bertz CT molecular complexity index is 213. The molecule has 3 atom stereocenters. The molecule has 0 radical (unpaired) electrons. The van der Waals surface area contributed by atoms with Gasteiger partial charge in [-0.15, -0.1) is 0 Å². The van der Waals surface area contributed by atoms with Crippen LogP contribution >= 0.6 is 8.31 Å². The second-order valence-corrected chi connectivity index (χ2v) is 7.35. The number of rotatable bonds is 4. The molecule has 0 saturated carbocycles. The molecule has 1 heterocycles. The van der Waals surface area contributed by atoms with Gasteiger partial charge in [0.1, 0.15) is 0 Å². The third-order valence-corrected chi connectivity index (χ3v) is 5.71. The molecule has 1 aliphatic heterocycles. The van der Waals surface area contributed by atoms with Crippen molar-refractivity contribution in [1.29, 1.82) is 0 Å². The van der Waals surface area contributed by atoms with Crippen LogP contribution in [0, 0.1) is 0 Å². The van der Waals surface area contributed by atoms with E-state index in [4.69, 9.17) is 14.2 Å². The van der Waals surface area contributed by atoms with Gasteiger partial charge in [-0.25, -0.2) is 0 Å². The predicted octanol–water partition coefficient (Wildman–Crippen LogP) is 1.52. The van der Waals surface area contributed by atoms with Gasteiger partial charge in [-0.1, -0.05) is 13.8 Å². The Kier molecular flexibility index (Phi) is 8.43.